The number of imidazole rings is 1. The standard InChI is InChI=1S/C14H15N7/c15-12-17-13(20-7-3-4-8-20)19-14(18-12)21-9-16-10-5-1-2-6-11(10)21/h1-2,5-6,9H,3-4,7-8H2,(H2,15,17,18,19). The van der Waals surface area contributed by atoms with Crippen molar-refractivity contribution in [2.24, 2.45) is 0 Å². The molecule has 0 amide bonds. The Morgan fingerprint density at radius 1 is 0.952 bits per heavy atom. The van der Waals surface area contributed by atoms with Gasteiger partial charge in [0.25, 0.3) is 0 Å². The van der Waals surface area contributed by atoms with Crippen molar-refractivity contribution in [3.05, 3.63) is 30.6 Å². The van der Waals surface area contributed by atoms with Crippen LogP contribution in [0.5, 0.6) is 0 Å². The highest BCUT2D eigenvalue weighted by molar-refractivity contribution is 5.76. The van der Waals surface area contributed by atoms with Crippen LogP contribution in [0.1, 0.15) is 12.8 Å². The Hall–Kier alpha value is -2.70. The first-order valence-electron chi connectivity index (χ1n) is 7.00. The lowest BCUT2D eigenvalue weighted by Crippen LogP contribution is -2.22. The molecule has 1 saturated heterocycles. The second-order valence-corrected chi connectivity index (χ2v) is 5.09. The highest BCUT2D eigenvalue weighted by atomic mass is 15.3. The molecule has 0 unspecified atom stereocenters. The number of nitrogens with zero attached hydrogens (tertiary/aromatic N) is 6. The van der Waals surface area contributed by atoms with E-state index in [4.69, 9.17) is 5.73 Å². The summed E-state index contributed by atoms with van der Waals surface area (Å²) in [7, 11) is 0. The number of hydrogen-bond donors (Lipinski definition) is 1. The molecule has 3 heterocycles. The van der Waals surface area contributed by atoms with Gasteiger partial charge in [-0.2, -0.15) is 15.0 Å². The van der Waals surface area contributed by atoms with Crippen molar-refractivity contribution in [3.63, 3.8) is 0 Å². The molecule has 7 nitrogen and oxygen atoms in total. The Bertz CT molecular complexity index is 789. The van der Waals surface area contributed by atoms with Gasteiger partial charge in [0.15, 0.2) is 0 Å². The molecule has 1 aliphatic rings. The number of anilines is 2. The molecule has 0 aliphatic carbocycles. The minimum absolute atomic E-state index is 0.236. The zero-order valence-corrected chi connectivity index (χ0v) is 11.5. The molecule has 0 bridgehead atoms. The van der Waals surface area contributed by atoms with Crippen LogP contribution in [-0.2, 0) is 0 Å². The zero-order chi connectivity index (χ0) is 14.2. The largest absolute Gasteiger partial charge is 0.368 e. The quantitative estimate of drug-likeness (QED) is 0.764. The van der Waals surface area contributed by atoms with Gasteiger partial charge < -0.3 is 10.6 Å². The minimum atomic E-state index is 0.236. The normalized spacial score (nSPS) is 15.0. The van der Waals surface area contributed by atoms with Gasteiger partial charge in [-0.25, -0.2) is 4.98 Å². The highest BCUT2D eigenvalue weighted by Crippen LogP contribution is 2.20. The fraction of sp³-hybridized carbons (Fsp3) is 0.286. The number of fused-ring (bicyclic) bond motifs is 1. The molecule has 7 heteroatoms. The second-order valence-electron chi connectivity index (χ2n) is 5.09. The number of para-hydroxylation sites is 2. The van der Waals surface area contributed by atoms with E-state index in [1.807, 2.05) is 28.8 Å². The number of rotatable bonds is 2. The molecule has 0 saturated carbocycles. The fourth-order valence-electron chi connectivity index (χ4n) is 2.65. The number of hydrogen-bond acceptors (Lipinski definition) is 6. The van der Waals surface area contributed by atoms with Crippen LogP contribution in [0.15, 0.2) is 30.6 Å². The molecule has 0 radical (unpaired) electrons. The van der Waals surface area contributed by atoms with E-state index in [9.17, 15) is 0 Å². The molecule has 21 heavy (non-hydrogen) atoms. The van der Waals surface area contributed by atoms with Gasteiger partial charge >= 0.3 is 0 Å². The Balaban J connectivity index is 1.84. The summed E-state index contributed by atoms with van der Waals surface area (Å²) in [5.74, 6) is 1.39. The average Bonchev–Trinajstić information content (AvgIpc) is 3.16. The van der Waals surface area contributed by atoms with Crippen LogP contribution in [-0.4, -0.2) is 37.6 Å². The van der Waals surface area contributed by atoms with Gasteiger partial charge in [0.05, 0.1) is 11.0 Å². The van der Waals surface area contributed by atoms with Crippen molar-refractivity contribution in [1.29, 1.82) is 0 Å². The molecule has 1 aliphatic heterocycles. The van der Waals surface area contributed by atoms with Crippen molar-refractivity contribution in [2.45, 2.75) is 12.8 Å². The second kappa shape index (κ2) is 4.69. The van der Waals surface area contributed by atoms with Crippen LogP contribution < -0.4 is 10.6 Å². The van der Waals surface area contributed by atoms with Crippen LogP contribution in [0, 0.1) is 0 Å². The summed E-state index contributed by atoms with van der Waals surface area (Å²) < 4.78 is 1.84. The molecule has 1 aromatic carbocycles. The Kier molecular flexibility index (Phi) is 2.70. The van der Waals surface area contributed by atoms with E-state index in [0.29, 0.717) is 11.9 Å². The van der Waals surface area contributed by atoms with E-state index < -0.39 is 0 Å². The lowest BCUT2D eigenvalue weighted by Gasteiger charge is -2.15. The topological polar surface area (TPSA) is 85.8 Å². The summed E-state index contributed by atoms with van der Waals surface area (Å²) in [5, 5.41) is 0. The third-order valence-electron chi connectivity index (χ3n) is 3.69. The maximum absolute atomic E-state index is 5.85. The summed E-state index contributed by atoms with van der Waals surface area (Å²) in [5.41, 5.74) is 7.71. The zero-order valence-electron chi connectivity index (χ0n) is 11.5. The van der Waals surface area contributed by atoms with E-state index in [0.717, 1.165) is 37.0 Å². The minimum Gasteiger partial charge on any atom is -0.368 e. The molecule has 1 fully saturated rings. The van der Waals surface area contributed by atoms with Gasteiger partial charge in [-0.3, -0.25) is 4.57 Å². The van der Waals surface area contributed by atoms with E-state index >= 15 is 0 Å². The molecule has 2 aromatic heterocycles. The fourth-order valence-corrected chi connectivity index (χ4v) is 2.65. The molecule has 0 atom stereocenters. The van der Waals surface area contributed by atoms with Gasteiger partial charge in [-0.1, -0.05) is 12.1 Å². The van der Waals surface area contributed by atoms with Crippen LogP contribution in [0.4, 0.5) is 11.9 Å². The van der Waals surface area contributed by atoms with E-state index in [1.54, 1.807) is 6.33 Å². The van der Waals surface area contributed by atoms with Crippen LogP contribution in [0.3, 0.4) is 0 Å². The first kappa shape index (κ1) is 12.1. The highest BCUT2D eigenvalue weighted by Gasteiger charge is 2.17. The third kappa shape index (κ3) is 2.06. The predicted octanol–water partition coefficient (Wildman–Crippen LogP) is 1.39. The van der Waals surface area contributed by atoms with Crippen molar-refractivity contribution in [1.82, 2.24) is 24.5 Å². The van der Waals surface area contributed by atoms with Crippen molar-refractivity contribution >= 4 is 22.9 Å². The molecule has 2 N–H and O–H groups in total. The maximum Gasteiger partial charge on any atom is 0.242 e. The molecule has 0 spiro atoms. The predicted molar refractivity (Wildman–Crippen MR) is 80.3 cm³/mol. The summed E-state index contributed by atoms with van der Waals surface area (Å²) in [4.78, 5) is 19.6. The average molecular weight is 281 g/mol. The first-order chi connectivity index (χ1) is 10.3. The van der Waals surface area contributed by atoms with Gasteiger partial charge in [-0.05, 0) is 25.0 Å². The van der Waals surface area contributed by atoms with Crippen molar-refractivity contribution in [3.8, 4) is 5.95 Å². The number of benzene rings is 1. The monoisotopic (exact) mass is 281 g/mol. The molecule has 3 aromatic rings. The molecule has 106 valence electrons. The molecular weight excluding hydrogens is 266 g/mol. The Morgan fingerprint density at radius 3 is 2.57 bits per heavy atom. The van der Waals surface area contributed by atoms with E-state index in [2.05, 4.69) is 24.8 Å². The number of aromatic nitrogens is 5. The Labute approximate surface area is 121 Å². The third-order valence-corrected chi connectivity index (χ3v) is 3.69. The SMILES string of the molecule is Nc1nc(N2CCCC2)nc(-n2cnc3ccccc32)n1. The Morgan fingerprint density at radius 2 is 1.71 bits per heavy atom. The van der Waals surface area contributed by atoms with Crippen molar-refractivity contribution < 1.29 is 0 Å². The van der Waals surface area contributed by atoms with Gasteiger partial charge in [0.1, 0.15) is 6.33 Å². The van der Waals surface area contributed by atoms with E-state index in [-0.39, 0.29) is 5.95 Å². The van der Waals surface area contributed by atoms with Gasteiger partial charge in [-0.15, -0.1) is 0 Å². The van der Waals surface area contributed by atoms with Crippen LogP contribution in [0.2, 0.25) is 0 Å². The maximum atomic E-state index is 5.85. The summed E-state index contributed by atoms with van der Waals surface area (Å²) in [6, 6.07) is 7.86. The summed E-state index contributed by atoms with van der Waals surface area (Å²) in [6.45, 7) is 1.93. The molecule has 4 rings (SSSR count). The van der Waals surface area contributed by atoms with Crippen LogP contribution >= 0.6 is 0 Å². The smallest absolute Gasteiger partial charge is 0.242 e. The number of nitrogens with two attached hydrogens (primary N) is 1. The lowest BCUT2D eigenvalue weighted by molar-refractivity contribution is 0.851. The van der Waals surface area contributed by atoms with Gasteiger partial charge in [0, 0.05) is 13.1 Å². The van der Waals surface area contributed by atoms with Crippen molar-refractivity contribution in [2.75, 3.05) is 23.7 Å². The number of nitrogen functional groups attached to an aromatic ring is 1. The first-order valence-corrected chi connectivity index (χ1v) is 7.00. The van der Waals surface area contributed by atoms with Gasteiger partial charge in [0.2, 0.25) is 17.8 Å². The van der Waals surface area contributed by atoms with Crippen LogP contribution in [0.25, 0.3) is 17.0 Å². The summed E-state index contributed by atoms with van der Waals surface area (Å²) in [6.07, 6.45) is 4.04. The van der Waals surface area contributed by atoms with E-state index in [1.165, 1.54) is 0 Å². The molecular formula is C14H15N7. The summed E-state index contributed by atoms with van der Waals surface area (Å²) >= 11 is 0. The lowest BCUT2D eigenvalue weighted by atomic mass is 10.3.